The Balaban J connectivity index is 3.72. The van der Waals surface area contributed by atoms with Crippen molar-refractivity contribution in [1.82, 2.24) is 5.32 Å². The van der Waals surface area contributed by atoms with Crippen LogP contribution in [0.2, 0.25) is 0 Å². The number of nitrogens with one attached hydrogen (secondary N) is 1. The zero-order chi connectivity index (χ0) is 35.9. The van der Waals surface area contributed by atoms with Crippen LogP contribution in [-0.4, -0.2) is 46.1 Å². The molecule has 0 aliphatic carbocycles. The van der Waals surface area contributed by atoms with Crippen LogP contribution < -0.4 is 5.32 Å². The quantitative estimate of drug-likeness (QED) is 0.0386. The highest BCUT2D eigenvalue weighted by molar-refractivity contribution is 5.80. The lowest BCUT2D eigenvalue weighted by Gasteiger charge is -2.21. The minimum absolute atomic E-state index is 0.386. The van der Waals surface area contributed by atoms with E-state index in [1.54, 1.807) is 6.08 Å². The molecule has 0 radical (unpaired) electrons. The number of rotatable bonds is 37. The van der Waals surface area contributed by atoms with Crippen LogP contribution in [0.5, 0.6) is 0 Å². The fourth-order valence-electron chi connectivity index (χ4n) is 6.02. The summed E-state index contributed by atoms with van der Waals surface area (Å²) in [5.41, 5.74) is 0. The van der Waals surface area contributed by atoms with Gasteiger partial charge in [0.1, 0.15) is 6.10 Å². The molecule has 0 saturated heterocycles. The van der Waals surface area contributed by atoms with Gasteiger partial charge in [-0.1, -0.05) is 184 Å². The van der Waals surface area contributed by atoms with Gasteiger partial charge in [0.05, 0.1) is 18.8 Å². The van der Waals surface area contributed by atoms with Gasteiger partial charge >= 0.3 is 0 Å². The lowest BCUT2D eigenvalue weighted by Crippen LogP contribution is -2.48. The van der Waals surface area contributed by atoms with Crippen LogP contribution in [0, 0.1) is 0 Å². The summed E-state index contributed by atoms with van der Waals surface area (Å²) in [5, 5.41) is 32.9. The summed E-state index contributed by atoms with van der Waals surface area (Å²) >= 11 is 0. The average Bonchev–Trinajstić information content (AvgIpc) is 3.11. The third-order valence-electron chi connectivity index (χ3n) is 9.37. The molecule has 49 heavy (non-hydrogen) atoms. The zero-order valence-corrected chi connectivity index (χ0v) is 32.3. The summed E-state index contributed by atoms with van der Waals surface area (Å²) in [6.07, 6.45) is 50.1. The van der Waals surface area contributed by atoms with Crippen molar-refractivity contribution in [2.45, 2.75) is 218 Å². The lowest BCUT2D eigenvalue weighted by molar-refractivity contribution is -0.131. The molecule has 0 fully saturated rings. The van der Waals surface area contributed by atoms with Gasteiger partial charge in [-0.25, -0.2) is 0 Å². The third kappa shape index (κ3) is 34.5. The molecule has 3 atom stereocenters. The molecule has 0 spiro atoms. The molecule has 0 aromatic carbocycles. The molecule has 0 aliphatic heterocycles. The van der Waals surface area contributed by atoms with Crippen molar-refractivity contribution in [2.75, 3.05) is 6.61 Å². The molecular formula is C44H81NO4. The van der Waals surface area contributed by atoms with E-state index in [0.717, 1.165) is 64.2 Å². The number of hydrogen-bond acceptors (Lipinski definition) is 4. The van der Waals surface area contributed by atoms with E-state index < -0.39 is 24.2 Å². The Kier molecular flexibility index (Phi) is 37.8. The molecule has 5 heteroatoms. The SMILES string of the molecule is CCCC/C=C\CCCCCCC(O)C(=O)NC(CO)C(O)/C=C/CC/C=C/CC/C=C/CCCCCCCCCCCCCCCCC. The van der Waals surface area contributed by atoms with Crippen molar-refractivity contribution in [3.05, 3.63) is 48.6 Å². The number of amides is 1. The maximum atomic E-state index is 12.4. The third-order valence-corrected chi connectivity index (χ3v) is 9.37. The van der Waals surface area contributed by atoms with E-state index in [-0.39, 0.29) is 6.61 Å². The summed E-state index contributed by atoms with van der Waals surface area (Å²) in [4.78, 5) is 12.4. The molecule has 5 nitrogen and oxygen atoms in total. The Bertz CT molecular complexity index is 805. The van der Waals surface area contributed by atoms with Gasteiger partial charge in [0.15, 0.2) is 0 Å². The van der Waals surface area contributed by atoms with E-state index in [1.165, 1.54) is 116 Å². The van der Waals surface area contributed by atoms with Crippen LogP contribution in [0.3, 0.4) is 0 Å². The summed E-state index contributed by atoms with van der Waals surface area (Å²) in [6.45, 7) is 4.10. The van der Waals surface area contributed by atoms with E-state index >= 15 is 0 Å². The molecule has 0 saturated carbocycles. The molecule has 4 N–H and O–H groups in total. The first-order chi connectivity index (χ1) is 24.1. The van der Waals surface area contributed by atoms with Crippen LogP contribution in [0.4, 0.5) is 0 Å². The van der Waals surface area contributed by atoms with Crippen molar-refractivity contribution in [3.63, 3.8) is 0 Å². The van der Waals surface area contributed by atoms with Crippen molar-refractivity contribution >= 4 is 5.91 Å². The van der Waals surface area contributed by atoms with Gasteiger partial charge in [-0.2, -0.15) is 0 Å². The second-order valence-electron chi connectivity index (χ2n) is 14.2. The van der Waals surface area contributed by atoms with Gasteiger partial charge in [0, 0.05) is 0 Å². The van der Waals surface area contributed by atoms with Gasteiger partial charge in [0.2, 0.25) is 5.91 Å². The first-order valence-corrected chi connectivity index (χ1v) is 21.0. The standard InChI is InChI=1S/C44H81NO4/c1-3-5-7-9-11-13-15-16-17-18-19-20-21-22-23-24-25-26-27-28-29-31-32-34-36-38-42(47)41(40-46)45-44(49)43(48)39-37-35-33-30-14-12-10-8-6-4-2/h10,12,25-26,29,31,36,38,41-43,46-48H,3-9,11,13-24,27-28,30,32-35,37,39-40H2,1-2H3,(H,45,49)/b12-10-,26-25+,31-29+,38-36+. The van der Waals surface area contributed by atoms with Crippen LogP contribution in [0.15, 0.2) is 48.6 Å². The van der Waals surface area contributed by atoms with Crippen LogP contribution in [0.1, 0.15) is 200 Å². The molecule has 0 heterocycles. The number of allylic oxidation sites excluding steroid dienone is 7. The fraction of sp³-hybridized carbons (Fsp3) is 0.795. The van der Waals surface area contributed by atoms with Crippen molar-refractivity contribution in [2.24, 2.45) is 0 Å². The molecular weight excluding hydrogens is 606 g/mol. The lowest BCUT2D eigenvalue weighted by atomic mass is 10.0. The number of unbranched alkanes of at least 4 members (excludes halogenated alkanes) is 23. The first-order valence-electron chi connectivity index (χ1n) is 21.0. The predicted molar refractivity (Wildman–Crippen MR) is 213 cm³/mol. The second kappa shape index (κ2) is 39.1. The van der Waals surface area contributed by atoms with Gasteiger partial charge in [-0.3, -0.25) is 4.79 Å². The number of aliphatic hydroxyl groups is 3. The molecule has 3 unspecified atom stereocenters. The predicted octanol–water partition coefficient (Wildman–Crippen LogP) is 11.8. The summed E-state index contributed by atoms with van der Waals surface area (Å²) < 4.78 is 0. The number of carbonyl (C=O) groups is 1. The fourth-order valence-corrected chi connectivity index (χ4v) is 6.02. The highest BCUT2D eigenvalue weighted by Crippen LogP contribution is 2.14. The number of carbonyl (C=O) groups excluding carboxylic acids is 1. The molecule has 0 aliphatic rings. The number of aliphatic hydroxyl groups excluding tert-OH is 3. The maximum absolute atomic E-state index is 12.4. The van der Waals surface area contributed by atoms with Crippen LogP contribution in [0.25, 0.3) is 0 Å². The van der Waals surface area contributed by atoms with E-state index in [9.17, 15) is 20.1 Å². The summed E-state index contributed by atoms with van der Waals surface area (Å²) in [5.74, 6) is -0.530. The van der Waals surface area contributed by atoms with Gasteiger partial charge < -0.3 is 20.6 Å². The largest absolute Gasteiger partial charge is 0.394 e. The maximum Gasteiger partial charge on any atom is 0.249 e. The second-order valence-corrected chi connectivity index (χ2v) is 14.2. The van der Waals surface area contributed by atoms with Gasteiger partial charge in [0.25, 0.3) is 0 Å². The molecule has 286 valence electrons. The first kappa shape index (κ1) is 47.3. The van der Waals surface area contributed by atoms with E-state index in [1.807, 2.05) is 6.08 Å². The van der Waals surface area contributed by atoms with E-state index in [2.05, 4.69) is 55.6 Å². The topological polar surface area (TPSA) is 89.8 Å². The minimum Gasteiger partial charge on any atom is -0.394 e. The molecule has 1 amide bonds. The molecule has 0 bridgehead atoms. The van der Waals surface area contributed by atoms with Crippen molar-refractivity contribution < 1.29 is 20.1 Å². The minimum atomic E-state index is -1.12. The highest BCUT2D eigenvalue weighted by atomic mass is 16.3. The average molecular weight is 688 g/mol. The molecule has 0 rings (SSSR count). The normalized spacial score (nSPS) is 14.1. The summed E-state index contributed by atoms with van der Waals surface area (Å²) in [6, 6.07) is -0.824. The molecule has 0 aromatic rings. The van der Waals surface area contributed by atoms with Crippen molar-refractivity contribution in [1.29, 1.82) is 0 Å². The van der Waals surface area contributed by atoms with E-state index in [4.69, 9.17) is 0 Å². The smallest absolute Gasteiger partial charge is 0.249 e. The van der Waals surface area contributed by atoms with Crippen LogP contribution >= 0.6 is 0 Å². The number of hydrogen-bond donors (Lipinski definition) is 4. The van der Waals surface area contributed by atoms with Crippen molar-refractivity contribution in [3.8, 4) is 0 Å². The Hall–Kier alpha value is -1.69. The van der Waals surface area contributed by atoms with Crippen LogP contribution in [-0.2, 0) is 4.79 Å². The summed E-state index contributed by atoms with van der Waals surface area (Å²) in [7, 11) is 0. The zero-order valence-electron chi connectivity index (χ0n) is 32.3. The monoisotopic (exact) mass is 688 g/mol. The Morgan fingerprint density at radius 3 is 1.31 bits per heavy atom. The molecule has 0 aromatic heterocycles. The Morgan fingerprint density at radius 2 is 0.857 bits per heavy atom. The Labute approximate surface area is 304 Å². The van der Waals surface area contributed by atoms with E-state index in [0.29, 0.717) is 6.42 Å². The van der Waals surface area contributed by atoms with Gasteiger partial charge in [-0.15, -0.1) is 0 Å². The van der Waals surface area contributed by atoms with Gasteiger partial charge in [-0.05, 0) is 64.2 Å². The Morgan fingerprint density at radius 1 is 0.490 bits per heavy atom. The highest BCUT2D eigenvalue weighted by Gasteiger charge is 2.22.